The van der Waals surface area contributed by atoms with Gasteiger partial charge in [0, 0.05) is 34.7 Å². The number of amides is 2. The highest BCUT2D eigenvalue weighted by molar-refractivity contribution is 5.78. The van der Waals surface area contributed by atoms with Gasteiger partial charge in [-0.25, -0.2) is 19.2 Å². The van der Waals surface area contributed by atoms with E-state index >= 15 is 0 Å². The lowest BCUT2D eigenvalue weighted by atomic mass is 9.82. The number of nitrogens with two attached hydrogens (primary N) is 2. The van der Waals surface area contributed by atoms with Crippen molar-refractivity contribution >= 4 is 34.1 Å². The van der Waals surface area contributed by atoms with E-state index in [4.69, 9.17) is 48.7 Å². The molecule has 2 aromatic carbocycles. The zero-order chi connectivity index (χ0) is 38.1. The van der Waals surface area contributed by atoms with E-state index in [0.717, 1.165) is 0 Å². The number of carbonyl (C=O) groups is 2. The third kappa shape index (κ3) is 8.48. The summed E-state index contributed by atoms with van der Waals surface area (Å²) in [4.78, 5) is 44.9. The minimum Gasteiger partial charge on any atom is -0.462 e. The molecule has 2 fully saturated rings. The van der Waals surface area contributed by atoms with Crippen LogP contribution in [0.3, 0.4) is 0 Å². The fourth-order valence-electron chi connectivity index (χ4n) is 5.92. The van der Waals surface area contributed by atoms with Crippen LogP contribution in [0.15, 0.2) is 79.1 Å². The van der Waals surface area contributed by atoms with Crippen molar-refractivity contribution in [3.8, 4) is 11.5 Å². The molecular weight excluding hydrogens is 684 g/mol. The second kappa shape index (κ2) is 14.8. The second-order valence-electron chi connectivity index (χ2n) is 13.7. The lowest BCUT2D eigenvalue weighted by Crippen LogP contribution is -2.61. The van der Waals surface area contributed by atoms with Gasteiger partial charge in [0.25, 0.3) is 0 Å². The molecule has 6 N–H and O–H groups in total. The van der Waals surface area contributed by atoms with Crippen molar-refractivity contribution in [2.45, 2.75) is 89.7 Å². The van der Waals surface area contributed by atoms with Crippen molar-refractivity contribution in [1.82, 2.24) is 0 Å². The van der Waals surface area contributed by atoms with Gasteiger partial charge in [0.1, 0.15) is 34.9 Å². The molecule has 52 heavy (non-hydrogen) atoms. The van der Waals surface area contributed by atoms with Crippen molar-refractivity contribution in [2.24, 2.45) is 23.3 Å². The van der Waals surface area contributed by atoms with Gasteiger partial charge >= 0.3 is 23.4 Å². The molecule has 0 aliphatic carbocycles. The number of hydrogen-bond donors (Lipinski definition) is 4. The van der Waals surface area contributed by atoms with E-state index in [9.17, 15) is 29.4 Å². The fraction of sp³-hybridized carbons (Fsp3) is 0.444. The Kier molecular flexibility index (Phi) is 10.9. The highest BCUT2D eigenvalue weighted by Crippen LogP contribution is 2.38. The molecule has 8 atom stereocenters. The minimum atomic E-state index is -1.23. The molecule has 4 heterocycles. The van der Waals surface area contributed by atoms with Crippen LogP contribution < -0.4 is 32.2 Å². The molecule has 2 aliphatic rings. The summed E-state index contributed by atoms with van der Waals surface area (Å²) in [5.41, 5.74) is 8.72. The normalized spacial score (nSPS) is 27.8. The molecule has 0 saturated carbocycles. The lowest BCUT2D eigenvalue weighted by Gasteiger charge is -2.47. The summed E-state index contributed by atoms with van der Waals surface area (Å²) in [6.07, 6.45) is -8.34. The number of ether oxygens (including phenoxy) is 6. The Balaban J connectivity index is 0.000000201. The molecule has 6 rings (SSSR count). The Hall–Kier alpha value is -5.16. The predicted molar refractivity (Wildman–Crippen MR) is 183 cm³/mol. The molecule has 2 unspecified atom stereocenters. The average molecular weight is 727 g/mol. The van der Waals surface area contributed by atoms with Crippen LogP contribution in [0.1, 0.15) is 41.5 Å². The Morgan fingerprint density at radius 3 is 1.58 bits per heavy atom. The maximum atomic E-state index is 11.3. The first-order valence-corrected chi connectivity index (χ1v) is 16.4. The van der Waals surface area contributed by atoms with Crippen molar-refractivity contribution in [3.05, 3.63) is 81.5 Å². The maximum Gasteiger partial charge on any atom is 0.405 e. The summed E-state index contributed by atoms with van der Waals surface area (Å²) in [6, 6.07) is 15.5. The smallest absolute Gasteiger partial charge is 0.405 e. The van der Waals surface area contributed by atoms with Crippen molar-refractivity contribution in [1.29, 1.82) is 0 Å². The first-order valence-electron chi connectivity index (χ1n) is 16.4. The molecule has 2 amide bonds. The van der Waals surface area contributed by atoms with Crippen molar-refractivity contribution in [3.63, 3.8) is 0 Å². The zero-order valence-corrected chi connectivity index (χ0v) is 29.3. The fourth-order valence-corrected chi connectivity index (χ4v) is 5.92. The molecule has 16 nitrogen and oxygen atoms in total. The standard InChI is InChI=1S/2C18H21NO7/c1-9-15(25-17(19)22)14(21)16(26-18(9,2)3)23-11-5-6-12-10(8-11)4-7-13(20)24-12;1-9-14(21)15(25-17(19)22)16(26-18(9,2)3)23-11-5-6-12-10(8-11)4-7-13(20)24-12/h2*4-9,14-16,21H,1-3H3,(H2,19,22)/t2*9-,14+,15+,16?/m11/s1. The number of primary amides is 2. The van der Waals surface area contributed by atoms with Crippen molar-refractivity contribution in [2.75, 3.05) is 0 Å². The van der Waals surface area contributed by atoms with Gasteiger partial charge < -0.3 is 58.9 Å². The Morgan fingerprint density at radius 2 is 1.08 bits per heavy atom. The van der Waals surface area contributed by atoms with Gasteiger partial charge in [-0.3, -0.25) is 0 Å². The van der Waals surface area contributed by atoms with E-state index < -0.39 is 71.6 Å². The van der Waals surface area contributed by atoms with Crippen LogP contribution in [-0.2, 0) is 18.9 Å². The van der Waals surface area contributed by atoms with Crippen molar-refractivity contribution < 1.29 is 57.1 Å². The monoisotopic (exact) mass is 726 g/mol. The van der Waals surface area contributed by atoms with Crippen LogP contribution in [0.5, 0.6) is 11.5 Å². The minimum absolute atomic E-state index is 0.310. The second-order valence-corrected chi connectivity index (χ2v) is 13.7. The molecule has 0 bridgehead atoms. The molecule has 0 spiro atoms. The third-order valence-electron chi connectivity index (χ3n) is 9.45. The van der Waals surface area contributed by atoms with E-state index in [1.165, 1.54) is 12.1 Å². The topological polar surface area (TPSA) is 242 Å². The number of hydrogen-bond acceptors (Lipinski definition) is 14. The van der Waals surface area contributed by atoms with Crippen LogP contribution in [0.4, 0.5) is 9.59 Å². The molecule has 2 aliphatic heterocycles. The highest BCUT2D eigenvalue weighted by Gasteiger charge is 2.51. The summed E-state index contributed by atoms with van der Waals surface area (Å²) in [5, 5.41) is 22.4. The van der Waals surface area contributed by atoms with E-state index in [-0.39, 0.29) is 11.8 Å². The van der Waals surface area contributed by atoms with Gasteiger partial charge in [0.2, 0.25) is 12.6 Å². The molecule has 280 valence electrons. The van der Waals surface area contributed by atoms with Crippen LogP contribution >= 0.6 is 0 Å². The molecule has 4 aromatic rings. The number of benzene rings is 2. The summed E-state index contributed by atoms with van der Waals surface area (Å²) in [5.74, 6) is 0.166. The first-order chi connectivity index (χ1) is 24.3. The van der Waals surface area contributed by atoms with E-state index in [2.05, 4.69) is 0 Å². The Labute approximate surface area is 297 Å². The van der Waals surface area contributed by atoms with Gasteiger partial charge in [-0.2, -0.15) is 0 Å². The Morgan fingerprint density at radius 1 is 0.635 bits per heavy atom. The van der Waals surface area contributed by atoms with E-state index in [0.29, 0.717) is 33.4 Å². The summed E-state index contributed by atoms with van der Waals surface area (Å²) in [6.45, 7) is 10.8. The quantitative estimate of drug-likeness (QED) is 0.208. The van der Waals surface area contributed by atoms with Crippen LogP contribution in [0, 0.1) is 11.8 Å². The summed E-state index contributed by atoms with van der Waals surface area (Å²) < 4.78 is 43.7. The number of fused-ring (bicyclic) bond motifs is 2. The van der Waals surface area contributed by atoms with Gasteiger partial charge in [-0.1, -0.05) is 13.8 Å². The molecule has 2 saturated heterocycles. The lowest BCUT2D eigenvalue weighted by molar-refractivity contribution is -0.283. The van der Waals surface area contributed by atoms with Crippen LogP contribution in [0.2, 0.25) is 0 Å². The number of carbonyl (C=O) groups excluding carboxylic acids is 2. The summed E-state index contributed by atoms with van der Waals surface area (Å²) in [7, 11) is 0. The van der Waals surface area contributed by atoms with Gasteiger partial charge in [-0.15, -0.1) is 0 Å². The third-order valence-corrected chi connectivity index (χ3v) is 9.45. The Bertz CT molecular complexity index is 2040. The van der Waals surface area contributed by atoms with E-state index in [1.807, 2.05) is 27.7 Å². The largest absolute Gasteiger partial charge is 0.462 e. The van der Waals surface area contributed by atoms with E-state index in [1.54, 1.807) is 62.4 Å². The molecular formula is C36H42N2O14. The SMILES string of the molecule is C[C@@H]1[C@H](O)[C@H](OC(N)=O)C(Oc2ccc3oc(=O)ccc3c2)OC1(C)C.C[C@@H]1[C@H](OC(N)=O)[C@H](O)C(Oc2ccc3oc(=O)ccc3c2)OC1(C)C. The predicted octanol–water partition coefficient (Wildman–Crippen LogP) is 3.54. The maximum absolute atomic E-state index is 11.3. The summed E-state index contributed by atoms with van der Waals surface area (Å²) >= 11 is 0. The van der Waals surface area contributed by atoms with Gasteiger partial charge in [0.05, 0.1) is 11.2 Å². The number of aliphatic hydroxyl groups excluding tert-OH is 2. The highest BCUT2D eigenvalue weighted by atomic mass is 16.7. The zero-order valence-electron chi connectivity index (χ0n) is 29.3. The molecule has 2 aromatic heterocycles. The number of rotatable bonds is 6. The van der Waals surface area contributed by atoms with Gasteiger partial charge in [0.15, 0.2) is 12.2 Å². The van der Waals surface area contributed by atoms with Gasteiger partial charge in [-0.05, 0) is 76.2 Å². The number of aliphatic hydroxyl groups is 2. The first kappa shape index (κ1) is 38.1. The van der Waals surface area contributed by atoms with Crippen LogP contribution in [0.25, 0.3) is 21.9 Å². The molecule has 16 heteroatoms. The van der Waals surface area contributed by atoms with Crippen LogP contribution in [-0.4, -0.2) is 70.6 Å². The molecule has 0 radical (unpaired) electrons. The average Bonchev–Trinajstić information content (AvgIpc) is 3.06.